The highest BCUT2D eigenvalue weighted by Crippen LogP contribution is 2.35. The van der Waals surface area contributed by atoms with E-state index in [1.165, 1.54) is 22.3 Å². The number of anilines is 1. The van der Waals surface area contributed by atoms with Gasteiger partial charge in [-0.3, -0.25) is 0 Å². The first-order valence-corrected chi connectivity index (χ1v) is 6.70. The fourth-order valence-electron chi connectivity index (χ4n) is 2.67. The molecule has 98 valence electrons. The van der Waals surface area contributed by atoms with Gasteiger partial charge in [-0.25, -0.2) is 0 Å². The van der Waals surface area contributed by atoms with Gasteiger partial charge >= 0.3 is 0 Å². The van der Waals surface area contributed by atoms with Crippen molar-refractivity contribution in [3.05, 3.63) is 58.7 Å². The number of fused-ring (bicyclic) bond motifs is 1. The van der Waals surface area contributed by atoms with E-state index in [4.69, 9.17) is 4.74 Å². The van der Waals surface area contributed by atoms with Crippen LogP contribution in [0.25, 0.3) is 0 Å². The van der Waals surface area contributed by atoms with Crippen LogP contribution in [-0.2, 0) is 0 Å². The highest BCUT2D eigenvalue weighted by molar-refractivity contribution is 5.61. The van der Waals surface area contributed by atoms with Crippen molar-refractivity contribution < 1.29 is 4.74 Å². The van der Waals surface area contributed by atoms with Gasteiger partial charge in [-0.1, -0.05) is 29.8 Å². The summed E-state index contributed by atoms with van der Waals surface area (Å²) in [6.07, 6.45) is 0. The molecule has 1 heterocycles. The SMILES string of the molecule is Cc1ccc(C2COc3ccc(C)cc3N2)c(C)c1. The van der Waals surface area contributed by atoms with Gasteiger partial charge in [-0.15, -0.1) is 0 Å². The van der Waals surface area contributed by atoms with E-state index in [0.717, 1.165) is 11.4 Å². The minimum atomic E-state index is 0.231. The molecule has 0 fully saturated rings. The van der Waals surface area contributed by atoms with Gasteiger partial charge in [0.2, 0.25) is 0 Å². The monoisotopic (exact) mass is 253 g/mol. The lowest BCUT2D eigenvalue weighted by atomic mass is 9.98. The zero-order chi connectivity index (χ0) is 13.4. The lowest BCUT2D eigenvalue weighted by Gasteiger charge is -2.29. The van der Waals surface area contributed by atoms with E-state index >= 15 is 0 Å². The minimum Gasteiger partial charge on any atom is -0.489 e. The standard InChI is InChI=1S/C17H19NO/c1-11-4-6-14(13(3)8-11)16-10-19-17-7-5-12(2)9-15(17)18-16/h4-9,16,18H,10H2,1-3H3. The molecule has 2 aromatic rings. The Labute approximate surface area is 114 Å². The van der Waals surface area contributed by atoms with Crippen LogP contribution in [0.1, 0.15) is 28.3 Å². The van der Waals surface area contributed by atoms with E-state index in [0.29, 0.717) is 6.61 Å². The van der Waals surface area contributed by atoms with Crippen molar-refractivity contribution in [3.63, 3.8) is 0 Å². The highest BCUT2D eigenvalue weighted by atomic mass is 16.5. The second-order valence-electron chi connectivity index (χ2n) is 5.37. The number of hydrogen-bond donors (Lipinski definition) is 1. The average Bonchev–Trinajstić information content (AvgIpc) is 2.38. The molecule has 0 aliphatic carbocycles. The summed E-state index contributed by atoms with van der Waals surface area (Å²) in [7, 11) is 0. The summed E-state index contributed by atoms with van der Waals surface area (Å²) >= 11 is 0. The normalized spacial score (nSPS) is 17.3. The van der Waals surface area contributed by atoms with Crippen molar-refractivity contribution in [1.29, 1.82) is 0 Å². The number of ether oxygens (including phenoxy) is 1. The minimum absolute atomic E-state index is 0.231. The molecule has 19 heavy (non-hydrogen) atoms. The van der Waals surface area contributed by atoms with Crippen molar-refractivity contribution in [2.24, 2.45) is 0 Å². The maximum Gasteiger partial charge on any atom is 0.142 e. The molecule has 1 aliphatic heterocycles. The molecular weight excluding hydrogens is 234 g/mol. The first-order valence-electron chi connectivity index (χ1n) is 6.70. The molecule has 3 rings (SSSR count). The lowest BCUT2D eigenvalue weighted by Crippen LogP contribution is -2.24. The molecule has 2 nitrogen and oxygen atoms in total. The summed E-state index contributed by atoms with van der Waals surface area (Å²) in [6, 6.07) is 13.1. The Hall–Kier alpha value is -1.96. The fourth-order valence-corrected chi connectivity index (χ4v) is 2.67. The maximum atomic E-state index is 5.87. The molecule has 0 saturated heterocycles. The summed E-state index contributed by atoms with van der Waals surface area (Å²) in [4.78, 5) is 0. The Kier molecular flexibility index (Phi) is 2.94. The first kappa shape index (κ1) is 12.1. The Balaban J connectivity index is 1.93. The van der Waals surface area contributed by atoms with Crippen LogP contribution in [0.3, 0.4) is 0 Å². The summed E-state index contributed by atoms with van der Waals surface area (Å²) in [5, 5.41) is 3.59. The second-order valence-corrected chi connectivity index (χ2v) is 5.37. The van der Waals surface area contributed by atoms with Crippen LogP contribution in [-0.4, -0.2) is 6.61 Å². The van der Waals surface area contributed by atoms with Crippen molar-refractivity contribution in [2.75, 3.05) is 11.9 Å². The Bertz CT molecular complexity index is 619. The van der Waals surface area contributed by atoms with Crippen LogP contribution < -0.4 is 10.1 Å². The van der Waals surface area contributed by atoms with Gasteiger partial charge in [0, 0.05) is 0 Å². The van der Waals surface area contributed by atoms with Gasteiger partial charge in [-0.2, -0.15) is 0 Å². The number of benzene rings is 2. The van der Waals surface area contributed by atoms with Crippen LogP contribution in [0.15, 0.2) is 36.4 Å². The number of rotatable bonds is 1. The second kappa shape index (κ2) is 4.61. The van der Waals surface area contributed by atoms with Crippen molar-refractivity contribution >= 4 is 5.69 Å². The first-order chi connectivity index (χ1) is 9.13. The molecule has 1 N–H and O–H groups in total. The van der Waals surface area contributed by atoms with Gasteiger partial charge in [0.1, 0.15) is 12.4 Å². The molecule has 0 saturated carbocycles. The largest absolute Gasteiger partial charge is 0.489 e. The maximum absolute atomic E-state index is 5.87. The third kappa shape index (κ3) is 2.30. The van der Waals surface area contributed by atoms with Gasteiger partial charge in [0.25, 0.3) is 0 Å². The predicted octanol–water partition coefficient (Wildman–Crippen LogP) is 4.16. The summed E-state index contributed by atoms with van der Waals surface area (Å²) in [5.41, 5.74) is 6.27. The zero-order valence-electron chi connectivity index (χ0n) is 11.7. The molecule has 0 radical (unpaired) electrons. The molecule has 2 heteroatoms. The van der Waals surface area contributed by atoms with Crippen LogP contribution in [0.4, 0.5) is 5.69 Å². The molecule has 0 spiro atoms. The number of nitrogens with one attached hydrogen (secondary N) is 1. The van der Waals surface area contributed by atoms with Crippen molar-refractivity contribution in [3.8, 4) is 5.75 Å². The molecule has 1 atom stereocenters. The predicted molar refractivity (Wildman–Crippen MR) is 79.0 cm³/mol. The van der Waals surface area contributed by atoms with E-state index < -0.39 is 0 Å². The lowest BCUT2D eigenvalue weighted by molar-refractivity contribution is 0.286. The molecule has 0 aromatic heterocycles. The van der Waals surface area contributed by atoms with E-state index in [9.17, 15) is 0 Å². The molecule has 0 amide bonds. The topological polar surface area (TPSA) is 21.3 Å². The van der Waals surface area contributed by atoms with Crippen LogP contribution in [0.5, 0.6) is 5.75 Å². The van der Waals surface area contributed by atoms with Crippen LogP contribution in [0.2, 0.25) is 0 Å². The van der Waals surface area contributed by atoms with E-state index in [2.05, 4.69) is 56.4 Å². The van der Waals surface area contributed by atoms with Crippen LogP contribution in [0, 0.1) is 20.8 Å². The molecule has 2 aromatic carbocycles. The van der Waals surface area contributed by atoms with E-state index in [1.807, 2.05) is 6.07 Å². The average molecular weight is 253 g/mol. The van der Waals surface area contributed by atoms with Crippen LogP contribution >= 0.6 is 0 Å². The number of hydrogen-bond acceptors (Lipinski definition) is 2. The van der Waals surface area contributed by atoms with Gasteiger partial charge in [0.15, 0.2) is 0 Å². The van der Waals surface area contributed by atoms with Gasteiger partial charge < -0.3 is 10.1 Å². The van der Waals surface area contributed by atoms with Gasteiger partial charge in [0.05, 0.1) is 11.7 Å². The Morgan fingerprint density at radius 1 is 1.00 bits per heavy atom. The molecule has 0 bridgehead atoms. The van der Waals surface area contributed by atoms with E-state index in [-0.39, 0.29) is 6.04 Å². The van der Waals surface area contributed by atoms with Gasteiger partial charge in [-0.05, 0) is 49.6 Å². The van der Waals surface area contributed by atoms with Crippen molar-refractivity contribution in [1.82, 2.24) is 0 Å². The number of aryl methyl sites for hydroxylation is 3. The zero-order valence-corrected chi connectivity index (χ0v) is 11.7. The third-order valence-corrected chi connectivity index (χ3v) is 3.67. The van der Waals surface area contributed by atoms with Crippen molar-refractivity contribution in [2.45, 2.75) is 26.8 Å². The fraction of sp³-hybridized carbons (Fsp3) is 0.294. The highest BCUT2D eigenvalue weighted by Gasteiger charge is 2.21. The third-order valence-electron chi connectivity index (χ3n) is 3.67. The smallest absolute Gasteiger partial charge is 0.142 e. The summed E-state index contributed by atoms with van der Waals surface area (Å²) in [5.74, 6) is 0.951. The molecule has 1 aliphatic rings. The quantitative estimate of drug-likeness (QED) is 0.824. The Morgan fingerprint density at radius 3 is 2.53 bits per heavy atom. The Morgan fingerprint density at radius 2 is 1.74 bits per heavy atom. The summed E-state index contributed by atoms with van der Waals surface area (Å²) < 4.78 is 5.87. The summed E-state index contributed by atoms with van der Waals surface area (Å²) in [6.45, 7) is 7.07. The molecular formula is C17H19NO. The van der Waals surface area contributed by atoms with E-state index in [1.54, 1.807) is 0 Å². The molecule has 1 unspecified atom stereocenters.